The Bertz CT molecular complexity index is 757. The van der Waals surface area contributed by atoms with Gasteiger partial charge in [0.15, 0.2) is 0 Å². The maximum atomic E-state index is 11.3. The zero-order valence-corrected chi connectivity index (χ0v) is 10.1. The van der Waals surface area contributed by atoms with E-state index in [0.717, 1.165) is 32.1 Å². The first-order chi connectivity index (χ1) is 7.65. The number of fused-ring (bicyclic) bond motifs is 3. The van der Waals surface area contributed by atoms with Gasteiger partial charge in [0.05, 0.1) is 22.2 Å². The first kappa shape index (κ1) is 9.59. The van der Waals surface area contributed by atoms with Crippen LogP contribution in [0, 0.1) is 6.92 Å². The van der Waals surface area contributed by atoms with Gasteiger partial charge >= 0.3 is 5.69 Å². The number of pyridine rings is 1. The van der Waals surface area contributed by atoms with E-state index in [1.165, 1.54) is 0 Å². The van der Waals surface area contributed by atoms with Crippen LogP contribution in [0.4, 0.5) is 0 Å². The van der Waals surface area contributed by atoms with Gasteiger partial charge in [0, 0.05) is 9.86 Å². The molecular weight excluding hydrogens is 270 g/mol. The SMILES string of the molecule is Cc1nc2ccc(Br)cc2c2[nH]c(=O)[nH]c12. The minimum Gasteiger partial charge on any atom is -0.305 e. The van der Waals surface area contributed by atoms with E-state index in [0.29, 0.717) is 0 Å². The van der Waals surface area contributed by atoms with Gasteiger partial charge in [-0.1, -0.05) is 15.9 Å². The van der Waals surface area contributed by atoms with Crippen molar-refractivity contribution in [2.75, 3.05) is 0 Å². The summed E-state index contributed by atoms with van der Waals surface area (Å²) < 4.78 is 0.967. The normalized spacial score (nSPS) is 11.4. The fourth-order valence-corrected chi connectivity index (χ4v) is 2.26. The molecule has 0 aliphatic carbocycles. The van der Waals surface area contributed by atoms with E-state index in [-0.39, 0.29) is 5.69 Å². The van der Waals surface area contributed by atoms with E-state index < -0.39 is 0 Å². The van der Waals surface area contributed by atoms with Crippen LogP contribution in [0.3, 0.4) is 0 Å². The van der Waals surface area contributed by atoms with Gasteiger partial charge in [0.25, 0.3) is 0 Å². The molecule has 3 aromatic rings. The van der Waals surface area contributed by atoms with E-state index in [9.17, 15) is 4.79 Å². The third-order valence-corrected chi connectivity index (χ3v) is 3.10. The predicted molar refractivity (Wildman–Crippen MR) is 66.7 cm³/mol. The summed E-state index contributed by atoms with van der Waals surface area (Å²) >= 11 is 3.41. The Kier molecular flexibility index (Phi) is 1.91. The molecule has 0 radical (unpaired) electrons. The van der Waals surface area contributed by atoms with E-state index in [1.54, 1.807) is 0 Å². The topological polar surface area (TPSA) is 61.5 Å². The molecular formula is C11H8BrN3O. The molecule has 1 aromatic carbocycles. The highest BCUT2D eigenvalue weighted by Crippen LogP contribution is 2.25. The van der Waals surface area contributed by atoms with Crippen molar-refractivity contribution >= 4 is 37.9 Å². The van der Waals surface area contributed by atoms with Crippen LogP contribution in [0.25, 0.3) is 21.9 Å². The zero-order chi connectivity index (χ0) is 11.3. The zero-order valence-electron chi connectivity index (χ0n) is 8.47. The highest BCUT2D eigenvalue weighted by Gasteiger charge is 2.08. The second kappa shape index (κ2) is 3.18. The van der Waals surface area contributed by atoms with Crippen LogP contribution in [0.15, 0.2) is 27.5 Å². The van der Waals surface area contributed by atoms with Gasteiger partial charge in [0.1, 0.15) is 0 Å². The van der Waals surface area contributed by atoms with Gasteiger partial charge in [-0.3, -0.25) is 4.98 Å². The number of halogens is 1. The van der Waals surface area contributed by atoms with Crippen molar-refractivity contribution < 1.29 is 0 Å². The number of benzene rings is 1. The van der Waals surface area contributed by atoms with Gasteiger partial charge < -0.3 is 9.97 Å². The lowest BCUT2D eigenvalue weighted by molar-refractivity contribution is 1.20. The molecule has 4 nitrogen and oxygen atoms in total. The monoisotopic (exact) mass is 277 g/mol. The molecule has 0 spiro atoms. The molecule has 2 N–H and O–H groups in total. The Morgan fingerprint density at radius 3 is 2.81 bits per heavy atom. The highest BCUT2D eigenvalue weighted by molar-refractivity contribution is 9.10. The Hall–Kier alpha value is -1.62. The Labute approximate surface area is 98.8 Å². The molecule has 0 unspecified atom stereocenters. The van der Waals surface area contributed by atoms with Gasteiger partial charge in [-0.05, 0) is 25.1 Å². The van der Waals surface area contributed by atoms with E-state index in [2.05, 4.69) is 30.9 Å². The van der Waals surface area contributed by atoms with E-state index in [1.807, 2.05) is 25.1 Å². The fraction of sp³-hybridized carbons (Fsp3) is 0.0909. The molecule has 2 aromatic heterocycles. The Balaban J connectivity index is 2.65. The maximum Gasteiger partial charge on any atom is 0.323 e. The number of rotatable bonds is 0. The van der Waals surface area contributed by atoms with Crippen LogP contribution < -0.4 is 5.69 Å². The minimum atomic E-state index is -0.202. The first-order valence-electron chi connectivity index (χ1n) is 4.83. The molecule has 0 aliphatic heterocycles. The standard InChI is InChI=1S/C11H8BrN3O/c1-5-9-10(15-11(16)14-9)7-4-6(12)2-3-8(7)13-5/h2-4H,1H3,(H2,14,15,16). The number of imidazole rings is 1. The van der Waals surface area contributed by atoms with Gasteiger partial charge in [-0.15, -0.1) is 0 Å². The number of aromatic nitrogens is 3. The van der Waals surface area contributed by atoms with Crippen molar-refractivity contribution in [3.8, 4) is 0 Å². The Morgan fingerprint density at radius 2 is 2.00 bits per heavy atom. The first-order valence-corrected chi connectivity index (χ1v) is 5.62. The van der Waals surface area contributed by atoms with Crippen LogP contribution in [0.2, 0.25) is 0 Å². The summed E-state index contributed by atoms with van der Waals surface area (Å²) in [5, 5.41) is 0.938. The van der Waals surface area contributed by atoms with Crippen molar-refractivity contribution in [3.05, 3.63) is 38.9 Å². The molecule has 0 atom stereocenters. The van der Waals surface area contributed by atoms with Crippen molar-refractivity contribution in [1.82, 2.24) is 15.0 Å². The second-order valence-corrected chi connectivity index (χ2v) is 4.60. The summed E-state index contributed by atoms with van der Waals surface area (Å²) in [6.07, 6.45) is 0. The summed E-state index contributed by atoms with van der Waals surface area (Å²) in [5.41, 5.74) is 3.09. The third-order valence-electron chi connectivity index (χ3n) is 2.60. The third kappa shape index (κ3) is 1.28. The van der Waals surface area contributed by atoms with Gasteiger partial charge in [0.2, 0.25) is 0 Å². The molecule has 0 aliphatic rings. The average molecular weight is 278 g/mol. The quantitative estimate of drug-likeness (QED) is 0.663. The molecule has 3 rings (SSSR count). The minimum absolute atomic E-state index is 0.202. The number of nitrogens with one attached hydrogen (secondary N) is 2. The van der Waals surface area contributed by atoms with Crippen LogP contribution in [-0.4, -0.2) is 15.0 Å². The van der Waals surface area contributed by atoms with E-state index in [4.69, 9.17) is 0 Å². The fourth-order valence-electron chi connectivity index (χ4n) is 1.90. The molecule has 2 heterocycles. The van der Waals surface area contributed by atoms with E-state index >= 15 is 0 Å². The highest BCUT2D eigenvalue weighted by atomic mass is 79.9. The summed E-state index contributed by atoms with van der Waals surface area (Å²) in [6.45, 7) is 1.88. The van der Waals surface area contributed by atoms with Crippen LogP contribution in [0.1, 0.15) is 5.69 Å². The van der Waals surface area contributed by atoms with Gasteiger partial charge in [-0.25, -0.2) is 4.79 Å². The van der Waals surface area contributed by atoms with Crippen molar-refractivity contribution in [2.45, 2.75) is 6.92 Å². The number of aromatic amines is 2. The summed E-state index contributed by atoms with van der Waals surface area (Å²) in [4.78, 5) is 21.3. The molecule has 0 fully saturated rings. The average Bonchev–Trinajstić information content (AvgIpc) is 2.62. The molecule has 0 saturated carbocycles. The predicted octanol–water partition coefficient (Wildman–Crippen LogP) is 2.48. The number of H-pyrrole nitrogens is 2. The molecule has 5 heteroatoms. The largest absolute Gasteiger partial charge is 0.323 e. The molecule has 0 saturated heterocycles. The summed E-state index contributed by atoms with van der Waals surface area (Å²) in [6, 6.07) is 5.82. The number of hydrogen-bond acceptors (Lipinski definition) is 2. The number of aryl methyl sites for hydroxylation is 1. The Morgan fingerprint density at radius 1 is 1.25 bits per heavy atom. The molecule has 80 valence electrons. The summed E-state index contributed by atoms with van der Waals surface area (Å²) in [7, 11) is 0. The molecule has 16 heavy (non-hydrogen) atoms. The molecule has 0 bridgehead atoms. The lowest BCUT2D eigenvalue weighted by atomic mass is 10.1. The van der Waals surface area contributed by atoms with Crippen LogP contribution in [-0.2, 0) is 0 Å². The van der Waals surface area contributed by atoms with Gasteiger partial charge in [-0.2, -0.15) is 0 Å². The van der Waals surface area contributed by atoms with Crippen molar-refractivity contribution in [2.24, 2.45) is 0 Å². The molecule has 0 amide bonds. The maximum absolute atomic E-state index is 11.3. The van der Waals surface area contributed by atoms with Crippen molar-refractivity contribution in [1.29, 1.82) is 0 Å². The lowest BCUT2D eigenvalue weighted by Crippen LogP contribution is -1.99. The lowest BCUT2D eigenvalue weighted by Gasteiger charge is -2.02. The number of hydrogen-bond donors (Lipinski definition) is 2. The summed E-state index contributed by atoms with van der Waals surface area (Å²) in [5.74, 6) is 0. The van der Waals surface area contributed by atoms with Crippen molar-refractivity contribution in [3.63, 3.8) is 0 Å². The number of nitrogens with zero attached hydrogens (tertiary/aromatic N) is 1. The second-order valence-electron chi connectivity index (χ2n) is 3.69. The smallest absolute Gasteiger partial charge is 0.305 e. The van der Waals surface area contributed by atoms with Crippen LogP contribution >= 0.6 is 15.9 Å². The van der Waals surface area contributed by atoms with Crippen LogP contribution in [0.5, 0.6) is 0 Å².